The van der Waals surface area contributed by atoms with Gasteiger partial charge < -0.3 is 0 Å². The molecule has 1 heterocycles. The second kappa shape index (κ2) is 4.58. The Kier molecular flexibility index (Phi) is 3.12. The van der Waals surface area contributed by atoms with E-state index < -0.39 is 4.92 Å². The Morgan fingerprint density at radius 1 is 1.50 bits per heavy atom. The quantitative estimate of drug-likeness (QED) is 0.617. The molecule has 0 spiro atoms. The molecule has 2 rings (SSSR count). The first-order chi connectivity index (χ1) is 8.50. The molecule has 0 saturated carbocycles. The molecule has 2 aromatic rings. The van der Waals surface area contributed by atoms with Crippen molar-refractivity contribution in [3.63, 3.8) is 0 Å². The molecule has 0 N–H and O–H groups in total. The molecule has 0 aliphatic carbocycles. The van der Waals surface area contributed by atoms with Crippen molar-refractivity contribution in [2.45, 2.75) is 6.92 Å². The van der Waals surface area contributed by atoms with Crippen LogP contribution in [-0.2, 0) is 0 Å². The van der Waals surface area contributed by atoms with Crippen molar-refractivity contribution in [3.05, 3.63) is 57.1 Å². The van der Waals surface area contributed by atoms with Gasteiger partial charge in [0.2, 0.25) is 0 Å². The van der Waals surface area contributed by atoms with Gasteiger partial charge in [0.05, 0.1) is 15.5 Å². The molecule has 0 amide bonds. The van der Waals surface area contributed by atoms with Crippen molar-refractivity contribution in [2.75, 3.05) is 0 Å². The second-order valence-corrected chi connectivity index (χ2v) is 3.98. The topological polar surface area (TPSA) is 78.0 Å². The van der Waals surface area contributed by atoms with Crippen LogP contribution >= 0.6 is 11.6 Å². The van der Waals surface area contributed by atoms with Crippen molar-refractivity contribution in [1.82, 2.24) is 9.55 Å². The lowest BCUT2D eigenvalue weighted by molar-refractivity contribution is -0.384. The number of carbonyl (C=O) groups is 1. The SMILES string of the molecule is Cc1nccn1C(=O)c1ccc([N+](=O)[O-])cc1Cl. The maximum absolute atomic E-state index is 12.1. The van der Waals surface area contributed by atoms with Crippen molar-refractivity contribution in [1.29, 1.82) is 0 Å². The molecular formula is C11H8ClN3O3. The average Bonchev–Trinajstić information content (AvgIpc) is 2.74. The Labute approximate surface area is 107 Å². The highest BCUT2D eigenvalue weighted by molar-refractivity contribution is 6.34. The molecule has 18 heavy (non-hydrogen) atoms. The smallest absolute Gasteiger partial charge is 0.270 e. The minimum absolute atomic E-state index is 0.0438. The van der Waals surface area contributed by atoms with Gasteiger partial charge >= 0.3 is 0 Å². The molecule has 6 nitrogen and oxygen atoms in total. The fourth-order valence-electron chi connectivity index (χ4n) is 1.51. The maximum Gasteiger partial charge on any atom is 0.270 e. The molecule has 0 atom stereocenters. The van der Waals surface area contributed by atoms with Crippen LogP contribution in [-0.4, -0.2) is 20.4 Å². The Hall–Kier alpha value is -2.21. The van der Waals surface area contributed by atoms with Crippen LogP contribution in [0.5, 0.6) is 0 Å². The van der Waals surface area contributed by atoms with E-state index in [-0.39, 0.29) is 22.2 Å². The summed E-state index contributed by atoms with van der Waals surface area (Å²) in [6, 6.07) is 3.73. The van der Waals surface area contributed by atoms with Gasteiger partial charge in [0, 0.05) is 24.5 Å². The number of non-ortho nitro benzene ring substituents is 1. The molecule has 0 radical (unpaired) electrons. The first-order valence-corrected chi connectivity index (χ1v) is 5.37. The molecule has 92 valence electrons. The Bertz CT molecular complexity index is 636. The zero-order valence-electron chi connectivity index (χ0n) is 9.33. The van der Waals surface area contributed by atoms with Crippen molar-refractivity contribution in [2.24, 2.45) is 0 Å². The van der Waals surface area contributed by atoms with Gasteiger partial charge in [-0.1, -0.05) is 11.6 Å². The molecule has 1 aromatic heterocycles. The first-order valence-electron chi connectivity index (χ1n) is 4.99. The van der Waals surface area contributed by atoms with Gasteiger partial charge in [0.15, 0.2) is 0 Å². The van der Waals surface area contributed by atoms with Gasteiger partial charge in [-0.05, 0) is 13.0 Å². The highest BCUT2D eigenvalue weighted by Crippen LogP contribution is 2.23. The number of benzene rings is 1. The predicted octanol–water partition coefficient (Wildman–Crippen LogP) is 2.44. The van der Waals surface area contributed by atoms with Crippen molar-refractivity contribution in [3.8, 4) is 0 Å². The van der Waals surface area contributed by atoms with Crippen LogP contribution in [0.15, 0.2) is 30.6 Å². The Morgan fingerprint density at radius 2 is 2.22 bits per heavy atom. The lowest BCUT2D eigenvalue weighted by atomic mass is 10.2. The monoisotopic (exact) mass is 265 g/mol. The number of rotatable bonds is 2. The van der Waals surface area contributed by atoms with Gasteiger partial charge in [-0.3, -0.25) is 19.5 Å². The fraction of sp³-hybridized carbons (Fsp3) is 0.0909. The molecular weight excluding hydrogens is 258 g/mol. The number of hydrogen-bond donors (Lipinski definition) is 0. The number of halogens is 1. The molecule has 0 unspecified atom stereocenters. The molecule has 1 aromatic carbocycles. The van der Waals surface area contributed by atoms with Crippen LogP contribution in [0.1, 0.15) is 16.2 Å². The summed E-state index contributed by atoms with van der Waals surface area (Å²) in [5.41, 5.74) is 0.0438. The van der Waals surface area contributed by atoms with Crippen LogP contribution in [0.25, 0.3) is 0 Å². The number of aryl methyl sites for hydroxylation is 1. The van der Waals surface area contributed by atoms with E-state index in [1.54, 1.807) is 6.92 Å². The van der Waals surface area contributed by atoms with Gasteiger partial charge in [0.25, 0.3) is 11.6 Å². The molecule has 0 saturated heterocycles. The van der Waals surface area contributed by atoms with E-state index in [1.807, 2.05) is 0 Å². The van der Waals surface area contributed by atoms with E-state index >= 15 is 0 Å². The summed E-state index contributed by atoms with van der Waals surface area (Å²) in [4.78, 5) is 26.0. The molecule has 0 bridgehead atoms. The summed E-state index contributed by atoms with van der Waals surface area (Å²) < 4.78 is 1.33. The van der Waals surface area contributed by atoms with Crippen molar-refractivity contribution >= 4 is 23.2 Å². The number of aromatic nitrogens is 2. The van der Waals surface area contributed by atoms with E-state index in [9.17, 15) is 14.9 Å². The molecule has 0 fully saturated rings. The minimum atomic E-state index is -0.567. The fourth-order valence-corrected chi connectivity index (χ4v) is 1.77. The summed E-state index contributed by atoms with van der Waals surface area (Å²) in [7, 11) is 0. The molecule has 0 aliphatic heterocycles. The third-order valence-corrected chi connectivity index (χ3v) is 2.75. The summed E-state index contributed by atoms with van der Waals surface area (Å²) in [5, 5.41) is 10.6. The number of imidazole rings is 1. The normalized spacial score (nSPS) is 10.3. The molecule has 0 aliphatic rings. The Morgan fingerprint density at radius 3 is 2.72 bits per heavy atom. The van der Waals surface area contributed by atoms with Gasteiger partial charge in [0.1, 0.15) is 5.82 Å². The lowest BCUT2D eigenvalue weighted by Crippen LogP contribution is -2.13. The van der Waals surface area contributed by atoms with E-state index in [2.05, 4.69) is 4.98 Å². The van der Waals surface area contributed by atoms with E-state index in [0.717, 1.165) is 6.07 Å². The highest BCUT2D eigenvalue weighted by atomic mass is 35.5. The van der Waals surface area contributed by atoms with Crippen LogP contribution in [0.3, 0.4) is 0 Å². The summed E-state index contributed by atoms with van der Waals surface area (Å²) in [5.74, 6) is 0.152. The summed E-state index contributed by atoms with van der Waals surface area (Å²) >= 11 is 5.88. The minimum Gasteiger partial charge on any atom is -0.270 e. The Balaban J connectivity index is 2.44. The first kappa shape index (κ1) is 12.3. The zero-order chi connectivity index (χ0) is 13.3. The zero-order valence-corrected chi connectivity index (χ0v) is 10.1. The third kappa shape index (κ3) is 2.10. The van der Waals surface area contributed by atoms with E-state index in [0.29, 0.717) is 5.82 Å². The summed E-state index contributed by atoms with van der Waals surface area (Å²) in [6.45, 7) is 1.68. The van der Waals surface area contributed by atoms with Crippen LogP contribution in [0.2, 0.25) is 5.02 Å². The number of nitro groups is 1. The second-order valence-electron chi connectivity index (χ2n) is 3.57. The molecule has 7 heteroatoms. The third-order valence-electron chi connectivity index (χ3n) is 2.44. The van der Waals surface area contributed by atoms with Crippen LogP contribution in [0.4, 0.5) is 5.69 Å². The van der Waals surface area contributed by atoms with Crippen LogP contribution in [0, 0.1) is 17.0 Å². The maximum atomic E-state index is 12.1. The van der Waals surface area contributed by atoms with Gasteiger partial charge in [-0.2, -0.15) is 0 Å². The van der Waals surface area contributed by atoms with E-state index in [1.165, 1.54) is 29.1 Å². The number of nitrogens with zero attached hydrogens (tertiary/aromatic N) is 3. The van der Waals surface area contributed by atoms with Crippen LogP contribution < -0.4 is 0 Å². The standard InChI is InChI=1S/C11H8ClN3O3/c1-7-13-4-5-14(7)11(16)9-3-2-8(15(17)18)6-10(9)12/h2-6H,1H3. The van der Waals surface area contributed by atoms with Gasteiger partial charge in [-0.25, -0.2) is 4.98 Å². The van der Waals surface area contributed by atoms with E-state index in [4.69, 9.17) is 11.6 Å². The lowest BCUT2D eigenvalue weighted by Gasteiger charge is -2.05. The van der Waals surface area contributed by atoms with Crippen molar-refractivity contribution < 1.29 is 9.72 Å². The highest BCUT2D eigenvalue weighted by Gasteiger charge is 2.17. The largest absolute Gasteiger partial charge is 0.270 e. The average molecular weight is 266 g/mol. The predicted molar refractivity (Wildman–Crippen MR) is 64.8 cm³/mol. The number of hydrogen-bond acceptors (Lipinski definition) is 4. The van der Waals surface area contributed by atoms with Gasteiger partial charge in [-0.15, -0.1) is 0 Å². The summed E-state index contributed by atoms with van der Waals surface area (Å²) in [6.07, 6.45) is 3.00. The number of carbonyl (C=O) groups excluding carboxylic acids is 1. The number of nitro benzene ring substituents is 1.